The van der Waals surface area contributed by atoms with Gasteiger partial charge in [-0.3, -0.25) is 10.1 Å². The second-order valence-electron chi connectivity index (χ2n) is 6.63. The largest absolute Gasteiger partial charge is 0.465 e. The quantitative estimate of drug-likeness (QED) is 0.347. The minimum atomic E-state index is -0.633. The van der Waals surface area contributed by atoms with Crippen LogP contribution in [-0.2, 0) is 14.3 Å². The van der Waals surface area contributed by atoms with Gasteiger partial charge >= 0.3 is 11.9 Å². The topological polar surface area (TPSA) is 93.7 Å². The van der Waals surface area contributed by atoms with Crippen molar-refractivity contribution in [3.63, 3.8) is 0 Å². The molecule has 32 heavy (non-hydrogen) atoms. The van der Waals surface area contributed by atoms with Gasteiger partial charge in [0.15, 0.2) is 5.11 Å². The predicted octanol–water partition coefficient (Wildman–Crippen LogP) is 3.94. The van der Waals surface area contributed by atoms with E-state index in [1.54, 1.807) is 6.08 Å². The van der Waals surface area contributed by atoms with Gasteiger partial charge in [-0.25, -0.2) is 9.59 Å². The zero-order valence-electron chi connectivity index (χ0n) is 17.4. The fourth-order valence-electron chi connectivity index (χ4n) is 3.05. The van der Waals surface area contributed by atoms with Crippen molar-refractivity contribution in [1.82, 2.24) is 5.32 Å². The van der Waals surface area contributed by atoms with Crippen LogP contribution in [0.2, 0.25) is 0 Å². The summed E-state index contributed by atoms with van der Waals surface area (Å²) in [6.07, 6.45) is 3.08. The van der Waals surface area contributed by atoms with Crippen molar-refractivity contribution in [2.24, 2.45) is 0 Å². The van der Waals surface area contributed by atoms with Gasteiger partial charge in [0.1, 0.15) is 0 Å². The highest BCUT2D eigenvalue weighted by atomic mass is 32.1. The maximum Gasteiger partial charge on any atom is 0.337 e. The number of benzene rings is 3. The zero-order chi connectivity index (χ0) is 23.1. The molecule has 0 aliphatic heterocycles. The minimum absolute atomic E-state index is 0.00426. The van der Waals surface area contributed by atoms with E-state index in [1.807, 2.05) is 42.5 Å². The van der Waals surface area contributed by atoms with E-state index in [0.717, 1.165) is 16.3 Å². The van der Waals surface area contributed by atoms with E-state index in [1.165, 1.54) is 38.5 Å². The van der Waals surface area contributed by atoms with Crippen molar-refractivity contribution < 1.29 is 23.9 Å². The number of thiocarbonyl (C=S) groups is 1. The highest BCUT2D eigenvalue weighted by Crippen LogP contribution is 2.20. The van der Waals surface area contributed by atoms with Crippen molar-refractivity contribution in [3.05, 3.63) is 83.4 Å². The third kappa shape index (κ3) is 5.55. The number of rotatable bonds is 5. The van der Waals surface area contributed by atoms with Gasteiger partial charge in [0, 0.05) is 11.8 Å². The van der Waals surface area contributed by atoms with Crippen LogP contribution < -0.4 is 10.6 Å². The van der Waals surface area contributed by atoms with Gasteiger partial charge in [0.25, 0.3) is 0 Å². The smallest absolute Gasteiger partial charge is 0.337 e. The van der Waals surface area contributed by atoms with Gasteiger partial charge in [-0.05, 0) is 52.8 Å². The van der Waals surface area contributed by atoms with Gasteiger partial charge in [-0.15, -0.1) is 0 Å². The molecule has 0 spiro atoms. The summed E-state index contributed by atoms with van der Waals surface area (Å²) >= 11 is 5.19. The fourth-order valence-corrected chi connectivity index (χ4v) is 3.27. The molecule has 0 heterocycles. The van der Waals surface area contributed by atoms with Crippen molar-refractivity contribution in [2.45, 2.75) is 0 Å². The van der Waals surface area contributed by atoms with Gasteiger partial charge in [0.2, 0.25) is 5.91 Å². The Bertz CT molecular complexity index is 1200. The fraction of sp³-hybridized carbons (Fsp3) is 0.0833. The van der Waals surface area contributed by atoms with E-state index in [9.17, 15) is 14.4 Å². The normalized spacial score (nSPS) is 10.6. The summed E-state index contributed by atoms with van der Waals surface area (Å²) in [5.74, 6) is -1.70. The first-order valence-corrected chi connectivity index (χ1v) is 9.91. The van der Waals surface area contributed by atoms with Gasteiger partial charge in [-0.2, -0.15) is 0 Å². The molecule has 0 saturated carbocycles. The number of anilines is 1. The van der Waals surface area contributed by atoms with Crippen LogP contribution in [0, 0.1) is 0 Å². The van der Waals surface area contributed by atoms with Gasteiger partial charge in [-0.1, -0.05) is 42.5 Å². The van der Waals surface area contributed by atoms with Crippen molar-refractivity contribution in [3.8, 4) is 0 Å². The van der Waals surface area contributed by atoms with Crippen molar-refractivity contribution in [1.29, 1.82) is 0 Å². The Kier molecular flexibility index (Phi) is 7.30. The lowest BCUT2D eigenvalue weighted by Crippen LogP contribution is -2.33. The molecule has 3 rings (SSSR count). The third-order valence-corrected chi connectivity index (χ3v) is 4.71. The number of ether oxygens (including phenoxy) is 2. The summed E-state index contributed by atoms with van der Waals surface area (Å²) in [5, 5.41) is 7.41. The molecule has 3 aromatic carbocycles. The first-order chi connectivity index (χ1) is 15.4. The summed E-state index contributed by atoms with van der Waals surface area (Å²) < 4.78 is 9.41. The number of esters is 2. The van der Waals surface area contributed by atoms with Crippen molar-refractivity contribution >= 4 is 57.7 Å². The lowest BCUT2D eigenvalue weighted by atomic mass is 10.0. The van der Waals surface area contributed by atoms with E-state index in [2.05, 4.69) is 10.6 Å². The molecule has 3 aromatic rings. The average molecular weight is 449 g/mol. The Hall–Kier alpha value is -4.04. The standard InChI is InChI=1S/C24H20N2O5S/c1-30-22(28)17-12-18(23(29)31-2)14-19(13-17)25-24(32)26-21(27)11-10-16-8-5-7-15-6-3-4-9-20(15)16/h3-14H,1-2H3,(H2,25,26,27,32). The monoisotopic (exact) mass is 448 g/mol. The van der Waals surface area contributed by atoms with E-state index >= 15 is 0 Å². The summed E-state index contributed by atoms with van der Waals surface area (Å²) in [7, 11) is 2.46. The maximum absolute atomic E-state index is 12.3. The molecular weight excluding hydrogens is 428 g/mol. The molecule has 0 aromatic heterocycles. The Morgan fingerprint density at radius 3 is 2.16 bits per heavy atom. The number of nitrogens with one attached hydrogen (secondary N) is 2. The SMILES string of the molecule is COC(=O)c1cc(NC(=S)NC(=O)C=Cc2cccc3ccccc23)cc(C(=O)OC)c1. The van der Waals surface area contributed by atoms with Crippen LogP contribution >= 0.6 is 12.2 Å². The first kappa shape index (κ1) is 22.6. The number of fused-ring (bicyclic) bond motifs is 1. The van der Waals surface area contributed by atoms with E-state index in [-0.39, 0.29) is 16.2 Å². The molecule has 7 nitrogen and oxygen atoms in total. The number of hydrogen-bond acceptors (Lipinski definition) is 6. The van der Waals surface area contributed by atoms with Crippen LogP contribution in [0.4, 0.5) is 5.69 Å². The molecule has 0 aliphatic rings. The molecule has 0 atom stereocenters. The Balaban J connectivity index is 1.72. The highest BCUT2D eigenvalue weighted by molar-refractivity contribution is 7.80. The predicted molar refractivity (Wildman–Crippen MR) is 126 cm³/mol. The summed E-state index contributed by atoms with van der Waals surface area (Å²) in [6, 6.07) is 17.9. The molecule has 8 heteroatoms. The molecule has 2 N–H and O–H groups in total. The number of methoxy groups -OCH3 is 2. The zero-order valence-corrected chi connectivity index (χ0v) is 18.2. The molecule has 0 saturated heterocycles. The Labute approximate surface area is 190 Å². The maximum atomic E-state index is 12.3. The second-order valence-corrected chi connectivity index (χ2v) is 7.04. The molecule has 0 aliphatic carbocycles. The van der Waals surface area contributed by atoms with Crippen LogP contribution in [0.3, 0.4) is 0 Å². The van der Waals surface area contributed by atoms with Gasteiger partial charge in [0.05, 0.1) is 25.3 Å². The van der Waals surface area contributed by atoms with Gasteiger partial charge < -0.3 is 14.8 Å². The number of hydrogen-bond donors (Lipinski definition) is 2. The lowest BCUT2D eigenvalue weighted by molar-refractivity contribution is -0.115. The van der Waals surface area contributed by atoms with Crippen LogP contribution in [0.5, 0.6) is 0 Å². The minimum Gasteiger partial charge on any atom is -0.465 e. The second kappa shape index (κ2) is 10.3. The number of carbonyl (C=O) groups excluding carboxylic acids is 3. The Morgan fingerprint density at radius 2 is 1.50 bits per heavy atom. The van der Waals surface area contributed by atoms with Crippen molar-refractivity contribution in [2.75, 3.05) is 19.5 Å². The molecule has 0 unspecified atom stereocenters. The lowest BCUT2D eigenvalue weighted by Gasteiger charge is -2.11. The van der Waals surface area contributed by atoms with Crippen LogP contribution in [-0.4, -0.2) is 37.2 Å². The van der Waals surface area contributed by atoms with Crippen LogP contribution in [0.25, 0.3) is 16.8 Å². The number of carbonyl (C=O) groups is 3. The Morgan fingerprint density at radius 1 is 0.875 bits per heavy atom. The van der Waals surface area contributed by atoms with E-state index < -0.39 is 17.8 Å². The highest BCUT2D eigenvalue weighted by Gasteiger charge is 2.14. The third-order valence-electron chi connectivity index (χ3n) is 4.51. The summed E-state index contributed by atoms with van der Waals surface area (Å²) in [4.78, 5) is 36.1. The molecule has 0 bridgehead atoms. The molecule has 1 amide bonds. The summed E-state index contributed by atoms with van der Waals surface area (Å²) in [6.45, 7) is 0. The van der Waals surface area contributed by atoms with Crippen LogP contribution in [0.15, 0.2) is 66.7 Å². The van der Waals surface area contributed by atoms with E-state index in [0.29, 0.717) is 5.69 Å². The van der Waals surface area contributed by atoms with E-state index in [4.69, 9.17) is 21.7 Å². The average Bonchev–Trinajstić information content (AvgIpc) is 2.81. The molecule has 162 valence electrons. The molecular formula is C24H20N2O5S. The number of amides is 1. The summed E-state index contributed by atoms with van der Waals surface area (Å²) in [5.41, 5.74) is 1.47. The first-order valence-electron chi connectivity index (χ1n) is 9.51. The van der Waals surface area contributed by atoms with Crippen LogP contribution in [0.1, 0.15) is 26.3 Å². The molecule has 0 radical (unpaired) electrons. The molecule has 0 fully saturated rings.